The van der Waals surface area contributed by atoms with Gasteiger partial charge < -0.3 is 4.84 Å². The van der Waals surface area contributed by atoms with Gasteiger partial charge in [-0.05, 0) is 37.8 Å². The number of nitrogens with zero attached hydrogens (tertiary/aromatic N) is 2. The van der Waals surface area contributed by atoms with E-state index in [0.29, 0.717) is 11.6 Å². The topological polar surface area (TPSA) is 32.8 Å². The lowest BCUT2D eigenvalue weighted by atomic mass is 10.1. The first-order valence-corrected chi connectivity index (χ1v) is 7.59. The Morgan fingerprint density at radius 2 is 2.05 bits per heavy atom. The molecule has 2 saturated heterocycles. The molecule has 2 aliphatic rings. The van der Waals surface area contributed by atoms with E-state index in [2.05, 4.69) is 11.8 Å². The first kappa shape index (κ1) is 13.6. The minimum Gasteiger partial charge on any atom is -0.362 e. The molecule has 1 aromatic carbocycles. The molecule has 2 heterocycles. The predicted molar refractivity (Wildman–Crippen MR) is 77.0 cm³/mol. The average Bonchev–Trinajstić information content (AvgIpc) is 2.98. The number of carbonyl (C=O) groups excluding carboxylic acids is 1. The predicted octanol–water partition coefficient (Wildman–Crippen LogP) is 2.66. The van der Waals surface area contributed by atoms with Crippen molar-refractivity contribution in [2.45, 2.75) is 44.8 Å². The zero-order chi connectivity index (χ0) is 13.9. The molecule has 2 fully saturated rings. The van der Waals surface area contributed by atoms with E-state index >= 15 is 0 Å². The van der Waals surface area contributed by atoms with Crippen molar-refractivity contribution < 1.29 is 9.63 Å². The maximum Gasteiger partial charge on any atom is 0.357 e. The van der Waals surface area contributed by atoms with E-state index in [4.69, 9.17) is 4.84 Å². The Bertz CT molecular complexity index is 463. The molecule has 4 heteroatoms. The highest BCUT2D eigenvalue weighted by molar-refractivity contribution is 5.89. The van der Waals surface area contributed by atoms with Crippen LogP contribution in [0.15, 0.2) is 30.3 Å². The zero-order valence-corrected chi connectivity index (χ0v) is 12.0. The van der Waals surface area contributed by atoms with Crippen LogP contribution in [-0.4, -0.2) is 41.2 Å². The standard InChI is InChI=1S/C16H22N2O2/c1-2-14-10-12-18(15-9-6-11-17(14)15)20-16(19)13-7-4-3-5-8-13/h3-5,7-8,14-15H,2,6,9-12H2,1H3. The quantitative estimate of drug-likeness (QED) is 0.848. The van der Waals surface area contributed by atoms with Gasteiger partial charge in [-0.1, -0.05) is 25.1 Å². The van der Waals surface area contributed by atoms with E-state index in [9.17, 15) is 4.79 Å². The second kappa shape index (κ2) is 5.94. The largest absolute Gasteiger partial charge is 0.362 e. The molecule has 0 spiro atoms. The van der Waals surface area contributed by atoms with E-state index in [-0.39, 0.29) is 12.1 Å². The van der Waals surface area contributed by atoms with Crippen LogP contribution in [0.2, 0.25) is 0 Å². The number of rotatable bonds is 3. The fourth-order valence-corrected chi connectivity index (χ4v) is 3.38. The third-order valence-electron chi connectivity index (χ3n) is 4.43. The molecule has 20 heavy (non-hydrogen) atoms. The van der Waals surface area contributed by atoms with Crippen LogP contribution in [0.4, 0.5) is 0 Å². The second-order valence-electron chi connectivity index (χ2n) is 5.60. The molecule has 2 unspecified atom stereocenters. The molecule has 108 valence electrons. The van der Waals surface area contributed by atoms with Gasteiger partial charge in [-0.25, -0.2) is 4.79 Å². The summed E-state index contributed by atoms with van der Waals surface area (Å²) in [6, 6.07) is 9.88. The fourth-order valence-electron chi connectivity index (χ4n) is 3.38. The van der Waals surface area contributed by atoms with Crippen molar-refractivity contribution in [3.63, 3.8) is 0 Å². The number of hydrogen-bond donors (Lipinski definition) is 0. The van der Waals surface area contributed by atoms with Gasteiger partial charge in [0.15, 0.2) is 0 Å². The van der Waals surface area contributed by atoms with Crippen molar-refractivity contribution in [2.75, 3.05) is 13.1 Å². The molecular formula is C16H22N2O2. The van der Waals surface area contributed by atoms with E-state index < -0.39 is 0 Å². The molecule has 0 aromatic heterocycles. The third kappa shape index (κ3) is 2.58. The Hall–Kier alpha value is -1.39. The van der Waals surface area contributed by atoms with Crippen molar-refractivity contribution >= 4 is 5.97 Å². The smallest absolute Gasteiger partial charge is 0.357 e. The molecule has 1 aromatic rings. The van der Waals surface area contributed by atoms with Crippen molar-refractivity contribution in [3.05, 3.63) is 35.9 Å². The van der Waals surface area contributed by atoms with Crippen LogP contribution in [-0.2, 0) is 4.84 Å². The number of hydroxylamine groups is 2. The highest BCUT2D eigenvalue weighted by atomic mass is 16.7. The van der Waals surface area contributed by atoms with E-state index in [1.165, 1.54) is 12.8 Å². The van der Waals surface area contributed by atoms with Gasteiger partial charge in [0.1, 0.15) is 0 Å². The minimum atomic E-state index is -0.243. The van der Waals surface area contributed by atoms with E-state index in [0.717, 1.165) is 25.9 Å². The highest BCUT2D eigenvalue weighted by Crippen LogP contribution is 2.30. The molecule has 0 radical (unpaired) electrons. The first-order chi connectivity index (χ1) is 9.79. The Kier molecular flexibility index (Phi) is 4.03. The van der Waals surface area contributed by atoms with Gasteiger partial charge in [0, 0.05) is 19.1 Å². The molecule has 0 saturated carbocycles. The van der Waals surface area contributed by atoms with Gasteiger partial charge >= 0.3 is 5.97 Å². The van der Waals surface area contributed by atoms with Crippen LogP contribution >= 0.6 is 0 Å². The average molecular weight is 274 g/mol. The molecule has 4 nitrogen and oxygen atoms in total. The Balaban J connectivity index is 1.67. The molecule has 2 aliphatic heterocycles. The van der Waals surface area contributed by atoms with Crippen molar-refractivity contribution in [1.29, 1.82) is 0 Å². The summed E-state index contributed by atoms with van der Waals surface area (Å²) in [5.41, 5.74) is 0.620. The van der Waals surface area contributed by atoms with Gasteiger partial charge in [-0.15, -0.1) is 5.06 Å². The first-order valence-electron chi connectivity index (χ1n) is 7.59. The van der Waals surface area contributed by atoms with Gasteiger partial charge in [-0.3, -0.25) is 4.90 Å². The summed E-state index contributed by atoms with van der Waals surface area (Å²) in [6.45, 7) is 4.21. The summed E-state index contributed by atoms with van der Waals surface area (Å²) in [5, 5.41) is 1.90. The molecule has 0 amide bonds. The maximum absolute atomic E-state index is 12.2. The van der Waals surface area contributed by atoms with Crippen molar-refractivity contribution in [2.24, 2.45) is 0 Å². The van der Waals surface area contributed by atoms with Gasteiger partial charge in [0.25, 0.3) is 0 Å². The lowest BCUT2D eigenvalue weighted by Crippen LogP contribution is -2.55. The summed E-state index contributed by atoms with van der Waals surface area (Å²) in [7, 11) is 0. The summed E-state index contributed by atoms with van der Waals surface area (Å²) in [4.78, 5) is 20.3. The Labute approximate surface area is 120 Å². The number of hydrogen-bond acceptors (Lipinski definition) is 4. The minimum absolute atomic E-state index is 0.243. The lowest BCUT2D eigenvalue weighted by molar-refractivity contribution is -0.195. The van der Waals surface area contributed by atoms with Crippen LogP contribution < -0.4 is 0 Å². The molecule has 0 N–H and O–H groups in total. The second-order valence-corrected chi connectivity index (χ2v) is 5.60. The highest BCUT2D eigenvalue weighted by Gasteiger charge is 2.39. The number of benzene rings is 1. The van der Waals surface area contributed by atoms with Gasteiger partial charge in [0.05, 0.1) is 11.7 Å². The van der Waals surface area contributed by atoms with Crippen LogP contribution in [0, 0.1) is 0 Å². The Morgan fingerprint density at radius 1 is 1.25 bits per heavy atom. The van der Waals surface area contributed by atoms with Crippen LogP contribution in [0.5, 0.6) is 0 Å². The number of fused-ring (bicyclic) bond motifs is 1. The molecule has 3 rings (SSSR count). The monoisotopic (exact) mass is 274 g/mol. The van der Waals surface area contributed by atoms with Crippen LogP contribution in [0.25, 0.3) is 0 Å². The SMILES string of the molecule is CCC1CCN(OC(=O)c2ccccc2)C2CCCN12. The van der Waals surface area contributed by atoms with Crippen LogP contribution in [0.3, 0.4) is 0 Å². The maximum atomic E-state index is 12.2. The summed E-state index contributed by atoms with van der Waals surface area (Å²) in [5.74, 6) is -0.243. The van der Waals surface area contributed by atoms with Gasteiger partial charge in [0.2, 0.25) is 0 Å². The summed E-state index contributed by atoms with van der Waals surface area (Å²) < 4.78 is 0. The molecule has 2 atom stereocenters. The zero-order valence-electron chi connectivity index (χ0n) is 12.0. The lowest BCUT2D eigenvalue weighted by Gasteiger charge is -2.43. The van der Waals surface area contributed by atoms with E-state index in [1.807, 2.05) is 23.3 Å². The van der Waals surface area contributed by atoms with Crippen molar-refractivity contribution in [1.82, 2.24) is 9.96 Å². The summed E-state index contributed by atoms with van der Waals surface area (Å²) in [6.07, 6.45) is 4.83. The Morgan fingerprint density at radius 3 is 2.80 bits per heavy atom. The van der Waals surface area contributed by atoms with Gasteiger partial charge in [-0.2, -0.15) is 0 Å². The number of carbonyl (C=O) groups is 1. The molecule has 0 bridgehead atoms. The van der Waals surface area contributed by atoms with E-state index in [1.54, 1.807) is 12.1 Å². The molecular weight excluding hydrogens is 252 g/mol. The third-order valence-corrected chi connectivity index (χ3v) is 4.43. The summed E-state index contributed by atoms with van der Waals surface area (Å²) >= 11 is 0. The fraction of sp³-hybridized carbons (Fsp3) is 0.562. The molecule has 0 aliphatic carbocycles. The normalized spacial score (nSPS) is 27.2. The van der Waals surface area contributed by atoms with Crippen LogP contribution in [0.1, 0.15) is 43.0 Å². The van der Waals surface area contributed by atoms with Crippen molar-refractivity contribution in [3.8, 4) is 0 Å².